The molecule has 0 aromatic heterocycles. The van der Waals surface area contributed by atoms with E-state index < -0.39 is 15.1 Å². The molecule has 0 aliphatic rings. The Morgan fingerprint density at radius 1 is 1.50 bits per heavy atom. The second-order valence-corrected chi connectivity index (χ2v) is 6.23. The van der Waals surface area contributed by atoms with Crippen molar-refractivity contribution < 1.29 is 18.3 Å². The van der Waals surface area contributed by atoms with Crippen LogP contribution in [-0.4, -0.2) is 63.8 Å². The van der Waals surface area contributed by atoms with Crippen LogP contribution in [0.5, 0.6) is 0 Å². The third-order valence-electron chi connectivity index (χ3n) is 2.81. The van der Waals surface area contributed by atoms with Crippen LogP contribution in [0.2, 0.25) is 6.82 Å². The molecule has 2 unspecified atom stereocenters. The van der Waals surface area contributed by atoms with E-state index in [1.54, 1.807) is 13.9 Å². The van der Waals surface area contributed by atoms with E-state index in [0.29, 0.717) is 0 Å². The van der Waals surface area contributed by atoms with Gasteiger partial charge in [-0.25, -0.2) is 8.42 Å². The number of aliphatic hydroxyl groups is 1. The molecule has 0 fully saturated rings. The molecule has 16 heavy (non-hydrogen) atoms. The molecule has 0 rings (SSSR count). The van der Waals surface area contributed by atoms with Crippen LogP contribution in [0.1, 0.15) is 13.3 Å². The summed E-state index contributed by atoms with van der Waals surface area (Å²) in [5, 5.41) is 9.11. The first kappa shape index (κ1) is 15.9. The lowest BCUT2D eigenvalue weighted by molar-refractivity contribution is 0.0857. The van der Waals surface area contributed by atoms with Gasteiger partial charge in [0.15, 0.2) is 5.44 Å². The summed E-state index contributed by atoms with van der Waals surface area (Å²) in [6, 6.07) is -0.0234. The van der Waals surface area contributed by atoms with Crippen LogP contribution in [0, 0.1) is 0 Å². The quantitative estimate of drug-likeness (QED) is 0.588. The van der Waals surface area contributed by atoms with Crippen LogP contribution in [0.3, 0.4) is 0 Å². The minimum Gasteiger partial charge on any atom is -0.395 e. The fraction of sp³-hybridized carbons (Fsp3) is 1.00. The minimum absolute atomic E-state index is 0.0234. The Bertz CT molecular complexity index is 279. The Morgan fingerprint density at radius 2 is 2.06 bits per heavy atom. The third kappa shape index (κ3) is 4.41. The molecule has 0 aromatic carbocycles. The van der Waals surface area contributed by atoms with Crippen molar-refractivity contribution in [2.75, 3.05) is 27.3 Å². The molecule has 0 heterocycles. The maximum atomic E-state index is 11.7. The van der Waals surface area contributed by atoms with Crippen molar-refractivity contribution in [3.8, 4) is 0 Å². The maximum absolute atomic E-state index is 11.7. The van der Waals surface area contributed by atoms with Crippen LogP contribution in [0.25, 0.3) is 0 Å². The first-order chi connectivity index (χ1) is 7.42. The lowest BCUT2D eigenvalue weighted by Crippen LogP contribution is -2.43. The zero-order chi connectivity index (χ0) is 12.8. The highest BCUT2D eigenvalue weighted by Crippen LogP contribution is 2.08. The zero-order valence-corrected chi connectivity index (χ0v) is 11.3. The topological polar surface area (TPSA) is 66.8 Å². The lowest BCUT2D eigenvalue weighted by Gasteiger charge is -2.28. The van der Waals surface area contributed by atoms with Gasteiger partial charge in [-0.15, -0.1) is 0 Å². The number of nitrogens with zero attached hydrogens (tertiary/aromatic N) is 1. The van der Waals surface area contributed by atoms with Crippen LogP contribution in [-0.2, 0) is 14.4 Å². The Balaban J connectivity index is 4.55. The van der Waals surface area contributed by atoms with Gasteiger partial charge in [0.05, 0.1) is 6.61 Å². The average Bonchev–Trinajstić information content (AvgIpc) is 2.27. The van der Waals surface area contributed by atoms with E-state index >= 15 is 0 Å². The number of hydrogen-bond donors (Lipinski definition) is 1. The molecule has 5 nitrogen and oxygen atoms in total. The van der Waals surface area contributed by atoms with Gasteiger partial charge in [-0.3, -0.25) is 4.90 Å². The Labute approximate surface area is 98.8 Å². The number of rotatable bonds is 8. The van der Waals surface area contributed by atoms with Crippen molar-refractivity contribution in [3.63, 3.8) is 0 Å². The van der Waals surface area contributed by atoms with Gasteiger partial charge in [0, 0.05) is 19.7 Å². The molecule has 1 N–H and O–H groups in total. The third-order valence-corrected chi connectivity index (χ3v) is 4.76. The van der Waals surface area contributed by atoms with Gasteiger partial charge in [-0.2, -0.15) is 0 Å². The molecule has 0 bridgehead atoms. The van der Waals surface area contributed by atoms with E-state index in [2.05, 4.69) is 0 Å². The summed E-state index contributed by atoms with van der Waals surface area (Å²) in [7, 11) is -0.0132. The molecular formula is C9H22BNO4S. The highest BCUT2D eigenvalue weighted by Gasteiger charge is 2.26. The summed E-state index contributed by atoms with van der Waals surface area (Å²) >= 11 is 0. The largest absolute Gasteiger partial charge is 0.395 e. The molecule has 0 amide bonds. The molecule has 0 radical (unpaired) electrons. The first-order valence-electron chi connectivity index (χ1n) is 5.48. The summed E-state index contributed by atoms with van der Waals surface area (Å²) in [4.78, 5) is 1.82. The van der Waals surface area contributed by atoms with Crippen molar-refractivity contribution in [1.82, 2.24) is 4.90 Å². The van der Waals surface area contributed by atoms with E-state index in [0.717, 1.165) is 6.42 Å². The summed E-state index contributed by atoms with van der Waals surface area (Å²) in [5.74, 6) is 0. The summed E-state index contributed by atoms with van der Waals surface area (Å²) in [6.45, 7) is 3.93. The van der Waals surface area contributed by atoms with Crippen molar-refractivity contribution in [2.45, 2.75) is 31.6 Å². The molecule has 0 saturated carbocycles. The van der Waals surface area contributed by atoms with Crippen LogP contribution >= 0.6 is 0 Å². The van der Waals surface area contributed by atoms with Crippen molar-refractivity contribution in [1.29, 1.82) is 0 Å². The van der Waals surface area contributed by atoms with Gasteiger partial charge in [0.2, 0.25) is 0 Å². The van der Waals surface area contributed by atoms with Crippen molar-refractivity contribution >= 4 is 16.2 Å². The molecular weight excluding hydrogens is 229 g/mol. The number of likely N-dealkylation sites (N-methyl/N-ethyl adjacent to an activating group) is 1. The van der Waals surface area contributed by atoms with Gasteiger partial charge in [0.1, 0.15) is 9.69 Å². The van der Waals surface area contributed by atoms with Crippen LogP contribution in [0.4, 0.5) is 0 Å². The monoisotopic (exact) mass is 251 g/mol. The smallest absolute Gasteiger partial charge is 0.274 e. The standard InChI is InChI=1S/C9H22BNO4S/c1-5-8(7-12)11(3)6-9(15-4)16(13,14)10-2/h8-10,12H,5-7H2,1-4H3. The first-order valence-corrected chi connectivity index (χ1v) is 7.19. The van der Waals surface area contributed by atoms with E-state index in [-0.39, 0.29) is 25.8 Å². The second-order valence-electron chi connectivity index (χ2n) is 3.80. The van der Waals surface area contributed by atoms with E-state index in [1.165, 1.54) is 7.11 Å². The second kappa shape index (κ2) is 7.27. The summed E-state index contributed by atoms with van der Waals surface area (Å²) in [6.07, 6.45) is 0.773. The predicted molar refractivity (Wildman–Crippen MR) is 66.5 cm³/mol. The average molecular weight is 251 g/mol. The van der Waals surface area contributed by atoms with Gasteiger partial charge in [-0.05, 0) is 13.5 Å². The molecule has 0 aliphatic carbocycles. The Kier molecular flexibility index (Phi) is 7.22. The number of aliphatic hydroxyl groups excluding tert-OH is 1. The van der Waals surface area contributed by atoms with E-state index in [9.17, 15) is 8.42 Å². The molecule has 2 atom stereocenters. The number of ether oxygens (including phenoxy) is 1. The van der Waals surface area contributed by atoms with Gasteiger partial charge < -0.3 is 9.84 Å². The van der Waals surface area contributed by atoms with Crippen molar-refractivity contribution in [2.24, 2.45) is 0 Å². The summed E-state index contributed by atoms with van der Waals surface area (Å²) < 4.78 is 28.3. The minimum atomic E-state index is -3.20. The van der Waals surface area contributed by atoms with Gasteiger partial charge in [0.25, 0.3) is 6.56 Å². The molecule has 96 valence electrons. The SMILES string of the molecule is CBS(=O)(=O)C(CN(C)C(CC)CO)OC. The predicted octanol–water partition coefficient (Wildman–Crippen LogP) is -0.524. The molecule has 0 aromatic rings. The molecule has 0 aliphatic heterocycles. The van der Waals surface area contributed by atoms with Gasteiger partial charge >= 0.3 is 0 Å². The normalized spacial score (nSPS) is 16.1. The Morgan fingerprint density at radius 3 is 2.38 bits per heavy atom. The maximum Gasteiger partial charge on any atom is 0.274 e. The van der Waals surface area contributed by atoms with E-state index in [4.69, 9.17) is 9.84 Å². The molecule has 0 saturated heterocycles. The van der Waals surface area contributed by atoms with Crippen molar-refractivity contribution in [3.05, 3.63) is 0 Å². The number of methoxy groups -OCH3 is 1. The van der Waals surface area contributed by atoms with Crippen LogP contribution in [0.15, 0.2) is 0 Å². The van der Waals surface area contributed by atoms with E-state index in [1.807, 2.05) is 11.8 Å². The molecule has 0 spiro atoms. The number of hydrogen-bond acceptors (Lipinski definition) is 5. The highest BCUT2D eigenvalue weighted by atomic mass is 32.2. The van der Waals surface area contributed by atoms with Crippen LogP contribution < -0.4 is 0 Å². The fourth-order valence-corrected chi connectivity index (χ4v) is 2.61. The highest BCUT2D eigenvalue weighted by molar-refractivity contribution is 8.15. The zero-order valence-electron chi connectivity index (χ0n) is 10.5. The fourth-order valence-electron chi connectivity index (χ4n) is 1.48. The summed E-state index contributed by atoms with van der Waals surface area (Å²) in [5.41, 5.74) is -0.817. The lowest BCUT2D eigenvalue weighted by atomic mass is 10.2. The van der Waals surface area contributed by atoms with Gasteiger partial charge in [-0.1, -0.05) is 13.7 Å². The molecule has 7 heteroatoms. The Hall–Kier alpha value is -0.105.